The van der Waals surface area contributed by atoms with E-state index in [9.17, 15) is 0 Å². The maximum atomic E-state index is 5.88. The molecule has 0 bridgehead atoms. The van der Waals surface area contributed by atoms with Crippen LogP contribution in [0.2, 0.25) is 10.0 Å². The predicted molar refractivity (Wildman–Crippen MR) is 242 cm³/mol. The summed E-state index contributed by atoms with van der Waals surface area (Å²) in [5, 5.41) is 7.17. The smallest absolute Gasteiger partial charge is 0.109 e. The second-order valence-corrected chi connectivity index (χ2v) is 17.5. The Morgan fingerprint density at radius 2 is 1.21 bits per heavy atom. The van der Waals surface area contributed by atoms with Crippen LogP contribution in [0.15, 0.2) is 140 Å². The van der Waals surface area contributed by atoms with E-state index in [-0.39, 0.29) is 24.8 Å². The number of aryl methyl sites for hydroxylation is 5. The van der Waals surface area contributed by atoms with Gasteiger partial charge in [-0.05, 0) is 61.1 Å². The zero-order chi connectivity index (χ0) is 39.6. The van der Waals surface area contributed by atoms with E-state index in [1.807, 2.05) is 36.4 Å². The Kier molecular flexibility index (Phi) is 18.6. The molecule has 0 saturated carbocycles. The van der Waals surface area contributed by atoms with Crippen molar-refractivity contribution >= 4 is 48.0 Å². The van der Waals surface area contributed by atoms with Gasteiger partial charge in [-0.1, -0.05) is 104 Å². The van der Waals surface area contributed by atoms with E-state index in [2.05, 4.69) is 144 Å². The van der Waals surface area contributed by atoms with E-state index in [0.29, 0.717) is 0 Å². The summed E-state index contributed by atoms with van der Waals surface area (Å²) in [6.45, 7) is 11.3. The molecule has 5 heteroatoms. The van der Waals surface area contributed by atoms with Crippen molar-refractivity contribution in [3.8, 4) is 22.3 Å². The van der Waals surface area contributed by atoms with Crippen LogP contribution < -0.4 is 24.8 Å². The fourth-order valence-corrected chi connectivity index (χ4v) is 8.88. The summed E-state index contributed by atoms with van der Waals surface area (Å²) in [6.07, 6.45) is 15.6. The molecule has 0 saturated heterocycles. The molecule has 1 aliphatic carbocycles. The fraction of sp³-hybridized carbons (Fsp3) is 0.208. The minimum absolute atomic E-state index is 0. The van der Waals surface area contributed by atoms with Crippen molar-refractivity contribution in [2.75, 3.05) is 0 Å². The normalized spacial score (nSPS) is 11.3. The Bertz CT molecular complexity index is 2440. The van der Waals surface area contributed by atoms with E-state index in [1.165, 1.54) is 123 Å². The second-order valence-electron chi connectivity index (χ2n) is 14.9. The number of halogens is 4. The minimum atomic E-state index is 0. The van der Waals surface area contributed by atoms with Crippen LogP contribution in [0.1, 0.15) is 65.1 Å². The molecule has 0 amide bonds. The third-order valence-corrected chi connectivity index (χ3v) is 11.9. The van der Waals surface area contributed by atoms with Gasteiger partial charge in [-0.15, -0.1) is 40.1 Å². The van der Waals surface area contributed by atoms with Gasteiger partial charge in [0.1, 0.15) is 0 Å². The van der Waals surface area contributed by atoms with Crippen LogP contribution in [0, 0.1) is 33.8 Å². The largest absolute Gasteiger partial charge is 1.00 e. The molecule has 296 valence electrons. The van der Waals surface area contributed by atoms with Crippen LogP contribution in [0.4, 0.5) is 0 Å². The molecule has 58 heavy (non-hydrogen) atoms. The molecule has 0 fully saturated rings. The molecule has 0 atom stereocenters. The molecule has 0 spiro atoms. The summed E-state index contributed by atoms with van der Waals surface area (Å²) in [7, 11) is 0. The van der Waals surface area contributed by atoms with Gasteiger partial charge in [-0.2, -0.15) is 6.08 Å². The molecule has 7 aromatic carbocycles. The third-order valence-electron chi connectivity index (χ3n) is 10.5. The van der Waals surface area contributed by atoms with Crippen molar-refractivity contribution < 1.29 is 49.0 Å². The van der Waals surface area contributed by atoms with Gasteiger partial charge in [-0.3, -0.25) is 6.08 Å². The molecule has 8 rings (SSSR count). The van der Waals surface area contributed by atoms with Gasteiger partial charge in [0.05, 0.1) is 0 Å². The molecular formula is C53H50Cl4Zr-2. The van der Waals surface area contributed by atoms with Gasteiger partial charge in [0.2, 0.25) is 0 Å². The first-order valence-electron chi connectivity index (χ1n) is 19.7. The summed E-state index contributed by atoms with van der Waals surface area (Å²) in [5.41, 5.74) is 15.1. The SMILES string of the molecule is CCCCc1c(-c2ccccc2C)c(C)cc2c1[cH-]c1cc(-c3ccccc3C)c(C)cc12.Clc1ccc(C[C](=[Zr+2])Cc2ccc(Cl)cc2)cc1.[C-]1=CC=CC1.[Cl-].[Cl-]. The van der Waals surface area contributed by atoms with E-state index in [1.54, 1.807) is 0 Å². The van der Waals surface area contributed by atoms with Gasteiger partial charge in [0, 0.05) is 0 Å². The van der Waals surface area contributed by atoms with Crippen LogP contribution in [0.3, 0.4) is 0 Å². The van der Waals surface area contributed by atoms with E-state index in [0.717, 1.165) is 35.7 Å². The average molecular weight is 920 g/mol. The maximum Gasteiger partial charge on any atom is -0.109 e. The molecule has 0 N–H and O–H groups in total. The first-order valence-corrected chi connectivity index (χ1v) is 21.7. The Balaban J connectivity index is 0.000000250. The molecule has 0 heterocycles. The fourth-order valence-electron chi connectivity index (χ4n) is 7.63. The zero-order valence-corrected chi connectivity index (χ0v) is 39.5. The van der Waals surface area contributed by atoms with Crippen molar-refractivity contribution in [2.24, 2.45) is 0 Å². The minimum Gasteiger partial charge on any atom is -1.00 e. The second kappa shape index (κ2) is 22.8. The van der Waals surface area contributed by atoms with Crippen molar-refractivity contribution in [1.82, 2.24) is 0 Å². The average Bonchev–Trinajstić information content (AvgIpc) is 3.89. The Hall–Kier alpha value is -3.42. The van der Waals surface area contributed by atoms with E-state index in [4.69, 9.17) is 23.2 Å². The molecule has 1 aliphatic rings. The summed E-state index contributed by atoms with van der Waals surface area (Å²) >= 11 is 13.2. The molecule has 7 aromatic rings. The number of allylic oxidation sites excluding steroid dienone is 4. The van der Waals surface area contributed by atoms with Crippen molar-refractivity contribution in [1.29, 1.82) is 0 Å². The quantitative estimate of drug-likeness (QED) is 0.127. The molecule has 0 aliphatic heterocycles. The predicted octanol–water partition coefficient (Wildman–Crippen LogP) is 9.43. The van der Waals surface area contributed by atoms with Gasteiger partial charge in [0.15, 0.2) is 0 Å². The Morgan fingerprint density at radius 3 is 1.71 bits per heavy atom. The summed E-state index contributed by atoms with van der Waals surface area (Å²) in [6, 6.07) is 43.5. The molecule has 0 radical (unpaired) electrons. The van der Waals surface area contributed by atoms with E-state index >= 15 is 0 Å². The van der Waals surface area contributed by atoms with Crippen LogP contribution >= 0.6 is 23.2 Å². The summed E-state index contributed by atoms with van der Waals surface area (Å²) < 4.78 is 1.52. The van der Waals surface area contributed by atoms with Crippen molar-refractivity contribution in [3.05, 3.63) is 195 Å². The Labute approximate surface area is 383 Å². The molecule has 0 unspecified atom stereocenters. The van der Waals surface area contributed by atoms with Gasteiger partial charge >= 0.3 is 133 Å². The van der Waals surface area contributed by atoms with Crippen LogP contribution in [-0.2, 0) is 43.5 Å². The first kappa shape index (κ1) is 47.3. The van der Waals surface area contributed by atoms with Gasteiger partial charge in [0.25, 0.3) is 0 Å². The number of unbranched alkanes of at least 4 members (excludes halogenated alkanes) is 1. The first-order chi connectivity index (χ1) is 27.1. The van der Waals surface area contributed by atoms with Crippen LogP contribution in [0.25, 0.3) is 43.8 Å². The van der Waals surface area contributed by atoms with Crippen molar-refractivity contribution in [2.45, 2.75) is 73.1 Å². The Morgan fingerprint density at radius 1 is 0.655 bits per heavy atom. The van der Waals surface area contributed by atoms with Gasteiger partial charge in [-0.25, -0.2) is 12.2 Å². The molecule has 0 aromatic heterocycles. The molecular weight excluding hydrogens is 870 g/mol. The number of hydrogen-bond donors (Lipinski definition) is 0. The van der Waals surface area contributed by atoms with Crippen LogP contribution in [0.5, 0.6) is 0 Å². The summed E-state index contributed by atoms with van der Waals surface area (Å²) in [5.74, 6) is 0. The summed E-state index contributed by atoms with van der Waals surface area (Å²) in [4.78, 5) is 0. The number of hydrogen-bond acceptors (Lipinski definition) is 0. The maximum absolute atomic E-state index is 5.88. The topological polar surface area (TPSA) is 0 Å². The standard InChI is InChI=1S/C33H33.C15H12Cl2.C5H5.2ClH.Zr/c1-6-7-14-28-32-20-25-19-29(26-15-10-8-12-21(26)2)23(4)17-30(25)31(32)18-24(5)33(28)27-16-11-9-13-22(27)3;16-14-8-4-12(5-9-14)2-1-3-13-6-10-15(17)11-7-13;1-2-4-5-3-1;;;/h8-13,15-20H,6-7,14H2,1-5H3;4-11H,2-3H2;1-3H,4H2;2*1H;/q-1;;-1;;;+2/p-2. The van der Waals surface area contributed by atoms with Crippen molar-refractivity contribution in [3.63, 3.8) is 0 Å². The third kappa shape index (κ3) is 12.1. The van der Waals surface area contributed by atoms with E-state index < -0.39 is 0 Å². The monoisotopic (exact) mass is 916 g/mol. The number of benzene rings is 6. The van der Waals surface area contributed by atoms with Gasteiger partial charge < -0.3 is 24.8 Å². The number of fused-ring (bicyclic) bond motifs is 3. The number of rotatable bonds is 9. The van der Waals surface area contributed by atoms with Crippen LogP contribution in [-0.4, -0.2) is 3.21 Å². The zero-order valence-electron chi connectivity index (χ0n) is 34.0. The molecule has 0 nitrogen and oxygen atoms in total.